The van der Waals surface area contributed by atoms with Gasteiger partial charge in [0.2, 0.25) is 0 Å². The number of aryl methyl sites for hydroxylation is 1. The molecule has 1 nitrogen and oxygen atoms in total. The number of hydrogen-bond donors (Lipinski definition) is 0. The topological polar surface area (TPSA) is 12.9 Å². The lowest BCUT2D eigenvalue weighted by Crippen LogP contribution is -2.01. The van der Waals surface area contributed by atoms with Crippen LogP contribution in [0.25, 0.3) is 11.6 Å². The lowest BCUT2D eigenvalue weighted by Gasteiger charge is -2.18. The van der Waals surface area contributed by atoms with E-state index in [1.807, 2.05) is 18.5 Å². The smallest absolute Gasteiger partial charge is 0.0340 e. The number of hydrogen-bond acceptors (Lipinski definition) is 1. The average molecular weight is 258 g/mol. The van der Waals surface area contributed by atoms with Crippen LogP contribution in [-0.4, -0.2) is 4.98 Å². The summed E-state index contributed by atoms with van der Waals surface area (Å²) in [6, 6.07) is 12.8. The molecule has 2 aromatic rings. The molecular weight excluding hydrogens is 242 g/mol. The van der Waals surface area contributed by atoms with Gasteiger partial charge in [-0.1, -0.05) is 30.3 Å². The molecule has 0 bridgehead atoms. The second kappa shape index (κ2) is 5.83. The van der Waals surface area contributed by atoms with E-state index >= 15 is 0 Å². The van der Waals surface area contributed by atoms with Gasteiger partial charge in [0.15, 0.2) is 0 Å². The summed E-state index contributed by atoms with van der Waals surface area (Å²) in [5.74, 6) is 0. The molecule has 1 aliphatic carbocycles. The summed E-state index contributed by atoms with van der Waals surface area (Å²) >= 11 is 0. The fourth-order valence-electron chi connectivity index (χ4n) is 2.47. The first-order valence-corrected chi connectivity index (χ1v) is 6.12. The van der Waals surface area contributed by atoms with Crippen LogP contribution in [0.5, 0.6) is 0 Å². The molecule has 0 atom stereocenters. The predicted molar refractivity (Wildman–Crippen MR) is 78.7 cm³/mol. The summed E-state index contributed by atoms with van der Waals surface area (Å²) in [5, 5.41) is 0. The lowest BCUT2D eigenvalue weighted by molar-refractivity contribution is 0.824. The van der Waals surface area contributed by atoms with Crippen molar-refractivity contribution in [2.75, 3.05) is 0 Å². The average Bonchev–Trinajstić information content (AvgIpc) is 2.40. The molecule has 2 heteroatoms. The molecule has 0 amide bonds. The molecule has 0 unspecified atom stereocenters. The minimum atomic E-state index is 0. The molecule has 0 fully saturated rings. The van der Waals surface area contributed by atoms with Gasteiger partial charge in [0, 0.05) is 12.4 Å². The minimum absolute atomic E-state index is 0. The van der Waals surface area contributed by atoms with Gasteiger partial charge in [-0.15, -0.1) is 12.4 Å². The molecule has 0 aliphatic heterocycles. The highest BCUT2D eigenvalue weighted by atomic mass is 35.5. The SMILES string of the molecule is C(=C1CCCc2ccccc21)c1cccnc1.Cl. The monoisotopic (exact) mass is 257 g/mol. The van der Waals surface area contributed by atoms with Crippen LogP contribution in [-0.2, 0) is 6.42 Å². The summed E-state index contributed by atoms with van der Waals surface area (Å²) in [6.45, 7) is 0. The van der Waals surface area contributed by atoms with Gasteiger partial charge in [-0.05, 0) is 53.7 Å². The van der Waals surface area contributed by atoms with Crippen LogP contribution in [0.15, 0.2) is 48.8 Å². The zero-order chi connectivity index (χ0) is 11.5. The van der Waals surface area contributed by atoms with Crippen LogP contribution in [0.4, 0.5) is 0 Å². The Morgan fingerprint density at radius 3 is 2.72 bits per heavy atom. The molecular formula is C16H16ClN. The molecule has 0 N–H and O–H groups in total. The maximum Gasteiger partial charge on any atom is 0.0340 e. The van der Waals surface area contributed by atoms with E-state index in [1.54, 1.807) is 0 Å². The Bertz CT molecular complexity index is 546. The fraction of sp³-hybridized carbons (Fsp3) is 0.188. The molecule has 0 radical (unpaired) electrons. The number of benzene rings is 1. The maximum atomic E-state index is 4.16. The first-order valence-electron chi connectivity index (χ1n) is 6.12. The first kappa shape index (κ1) is 12.8. The molecule has 0 saturated heterocycles. The van der Waals surface area contributed by atoms with Gasteiger partial charge in [0.1, 0.15) is 0 Å². The maximum absolute atomic E-state index is 4.16. The molecule has 18 heavy (non-hydrogen) atoms. The van der Waals surface area contributed by atoms with E-state index in [1.165, 1.54) is 41.5 Å². The molecule has 1 heterocycles. The Labute approximate surface area is 114 Å². The van der Waals surface area contributed by atoms with E-state index in [-0.39, 0.29) is 12.4 Å². The van der Waals surface area contributed by atoms with Crippen LogP contribution in [0.1, 0.15) is 29.5 Å². The Kier molecular flexibility index (Phi) is 4.16. The third-order valence-corrected chi connectivity index (χ3v) is 3.28. The highest BCUT2D eigenvalue weighted by Crippen LogP contribution is 2.31. The summed E-state index contributed by atoms with van der Waals surface area (Å²) in [7, 11) is 0. The van der Waals surface area contributed by atoms with Crippen LogP contribution >= 0.6 is 12.4 Å². The van der Waals surface area contributed by atoms with Crippen molar-refractivity contribution in [3.05, 3.63) is 65.5 Å². The van der Waals surface area contributed by atoms with Crippen LogP contribution < -0.4 is 0 Å². The number of aromatic nitrogens is 1. The van der Waals surface area contributed by atoms with Crippen molar-refractivity contribution >= 4 is 24.1 Å². The van der Waals surface area contributed by atoms with Crippen molar-refractivity contribution in [2.45, 2.75) is 19.3 Å². The summed E-state index contributed by atoms with van der Waals surface area (Å²) in [6.07, 6.45) is 9.64. The number of fused-ring (bicyclic) bond motifs is 1. The Morgan fingerprint density at radius 1 is 1.00 bits per heavy atom. The van der Waals surface area contributed by atoms with E-state index in [0.717, 1.165) is 0 Å². The molecule has 1 aliphatic rings. The molecule has 1 aromatic carbocycles. The second-order valence-corrected chi connectivity index (χ2v) is 4.47. The third kappa shape index (κ3) is 2.62. The van der Waals surface area contributed by atoms with Crippen molar-refractivity contribution in [1.29, 1.82) is 0 Å². The molecule has 0 spiro atoms. The number of allylic oxidation sites excluding steroid dienone is 1. The summed E-state index contributed by atoms with van der Waals surface area (Å²) in [5.41, 5.74) is 5.54. The zero-order valence-electron chi connectivity index (χ0n) is 10.2. The normalized spacial score (nSPS) is 15.9. The Hall–Kier alpha value is -1.60. The number of halogens is 1. The van der Waals surface area contributed by atoms with Crippen LogP contribution in [0.2, 0.25) is 0 Å². The highest BCUT2D eigenvalue weighted by Gasteiger charge is 2.12. The summed E-state index contributed by atoms with van der Waals surface area (Å²) < 4.78 is 0. The summed E-state index contributed by atoms with van der Waals surface area (Å²) in [4.78, 5) is 4.16. The Morgan fingerprint density at radius 2 is 1.89 bits per heavy atom. The molecule has 3 rings (SSSR count). The van der Waals surface area contributed by atoms with Gasteiger partial charge in [-0.25, -0.2) is 0 Å². The van der Waals surface area contributed by atoms with Crippen LogP contribution in [0, 0.1) is 0 Å². The van der Waals surface area contributed by atoms with Crippen molar-refractivity contribution in [1.82, 2.24) is 4.98 Å². The number of pyridine rings is 1. The fourth-order valence-corrected chi connectivity index (χ4v) is 2.47. The Balaban J connectivity index is 0.00000120. The predicted octanol–water partition coefficient (Wildman–Crippen LogP) is 4.38. The standard InChI is InChI=1S/C16H15N.ClH/c1-2-9-16-14(6-1)7-3-8-15(16)11-13-5-4-10-17-12-13;/h1-2,4-6,9-12H,3,7-8H2;1H. The van der Waals surface area contributed by atoms with E-state index in [9.17, 15) is 0 Å². The van der Waals surface area contributed by atoms with E-state index < -0.39 is 0 Å². The van der Waals surface area contributed by atoms with E-state index in [0.29, 0.717) is 0 Å². The number of nitrogens with zero attached hydrogens (tertiary/aromatic N) is 1. The van der Waals surface area contributed by atoms with Gasteiger partial charge in [-0.2, -0.15) is 0 Å². The molecule has 92 valence electrons. The van der Waals surface area contributed by atoms with E-state index in [4.69, 9.17) is 0 Å². The second-order valence-electron chi connectivity index (χ2n) is 4.47. The van der Waals surface area contributed by atoms with Crippen LogP contribution in [0.3, 0.4) is 0 Å². The van der Waals surface area contributed by atoms with E-state index in [2.05, 4.69) is 41.4 Å². The van der Waals surface area contributed by atoms with Gasteiger partial charge < -0.3 is 0 Å². The number of rotatable bonds is 1. The zero-order valence-corrected chi connectivity index (χ0v) is 11.0. The van der Waals surface area contributed by atoms with Crippen molar-refractivity contribution in [3.8, 4) is 0 Å². The molecule has 1 aromatic heterocycles. The van der Waals surface area contributed by atoms with Crippen molar-refractivity contribution < 1.29 is 0 Å². The van der Waals surface area contributed by atoms with Gasteiger partial charge in [-0.3, -0.25) is 4.98 Å². The lowest BCUT2D eigenvalue weighted by atomic mass is 9.86. The quantitative estimate of drug-likeness (QED) is 0.739. The van der Waals surface area contributed by atoms with Crippen molar-refractivity contribution in [2.24, 2.45) is 0 Å². The molecule has 0 saturated carbocycles. The van der Waals surface area contributed by atoms with Gasteiger partial charge in [0.25, 0.3) is 0 Å². The third-order valence-electron chi connectivity index (χ3n) is 3.28. The van der Waals surface area contributed by atoms with Gasteiger partial charge >= 0.3 is 0 Å². The van der Waals surface area contributed by atoms with Crippen molar-refractivity contribution in [3.63, 3.8) is 0 Å². The minimum Gasteiger partial charge on any atom is -0.264 e. The first-order chi connectivity index (χ1) is 8.43. The van der Waals surface area contributed by atoms with Gasteiger partial charge in [0.05, 0.1) is 0 Å². The highest BCUT2D eigenvalue weighted by molar-refractivity contribution is 5.85. The largest absolute Gasteiger partial charge is 0.264 e.